The zero-order chi connectivity index (χ0) is 13.2. The summed E-state index contributed by atoms with van der Waals surface area (Å²) in [7, 11) is 0. The lowest BCUT2D eigenvalue weighted by atomic mass is 9.97. The summed E-state index contributed by atoms with van der Waals surface area (Å²) in [6.07, 6.45) is 2.67. The van der Waals surface area contributed by atoms with Crippen LogP contribution < -0.4 is 0 Å². The molecule has 0 amide bonds. The lowest BCUT2D eigenvalue weighted by Crippen LogP contribution is -1.88. The number of nitrogens with zero attached hydrogens (tertiary/aromatic N) is 1. The average Bonchev–Trinajstić information content (AvgIpc) is 2.47. The third-order valence-electron chi connectivity index (χ3n) is 3.31. The van der Waals surface area contributed by atoms with E-state index in [1.54, 1.807) is 6.20 Å². The van der Waals surface area contributed by atoms with Gasteiger partial charge in [0.05, 0.1) is 5.52 Å². The Labute approximate surface area is 111 Å². The molecule has 3 rings (SSSR count). The maximum Gasteiger partial charge on any atom is 0.150 e. The molecule has 92 valence electrons. The van der Waals surface area contributed by atoms with Gasteiger partial charge in [-0.25, -0.2) is 0 Å². The van der Waals surface area contributed by atoms with Crippen LogP contribution in [0.15, 0.2) is 54.7 Å². The van der Waals surface area contributed by atoms with Gasteiger partial charge in [0.15, 0.2) is 0 Å². The van der Waals surface area contributed by atoms with Crippen molar-refractivity contribution in [2.45, 2.75) is 6.92 Å². The molecule has 1 aromatic heterocycles. The van der Waals surface area contributed by atoms with Crippen LogP contribution in [0.2, 0.25) is 0 Å². The van der Waals surface area contributed by atoms with Crippen LogP contribution in [0.5, 0.6) is 0 Å². The third-order valence-corrected chi connectivity index (χ3v) is 3.31. The fourth-order valence-corrected chi connectivity index (χ4v) is 2.26. The molecule has 0 unspecified atom stereocenters. The van der Waals surface area contributed by atoms with Crippen molar-refractivity contribution < 1.29 is 4.79 Å². The summed E-state index contributed by atoms with van der Waals surface area (Å²) < 4.78 is 0. The number of aryl methyl sites for hydroxylation is 1. The van der Waals surface area contributed by atoms with Crippen LogP contribution in [0, 0.1) is 6.92 Å². The lowest BCUT2D eigenvalue weighted by Gasteiger charge is -2.08. The van der Waals surface area contributed by atoms with Crippen molar-refractivity contribution >= 4 is 17.2 Å². The fraction of sp³-hybridized carbons (Fsp3) is 0.0588. The Morgan fingerprint density at radius 1 is 1.05 bits per heavy atom. The fourth-order valence-electron chi connectivity index (χ4n) is 2.26. The summed E-state index contributed by atoms with van der Waals surface area (Å²) in [6.45, 7) is 2.05. The number of hydrogen-bond acceptors (Lipinski definition) is 2. The molecule has 0 N–H and O–H groups in total. The Kier molecular flexibility index (Phi) is 2.84. The first-order valence-corrected chi connectivity index (χ1v) is 6.19. The first-order valence-electron chi connectivity index (χ1n) is 6.19. The van der Waals surface area contributed by atoms with Crippen LogP contribution in [0.4, 0.5) is 0 Å². The molecular weight excluding hydrogens is 234 g/mol. The molecule has 0 saturated carbocycles. The van der Waals surface area contributed by atoms with Gasteiger partial charge < -0.3 is 0 Å². The minimum Gasteiger partial charge on any atom is -0.298 e. The van der Waals surface area contributed by atoms with Gasteiger partial charge in [0.1, 0.15) is 6.29 Å². The van der Waals surface area contributed by atoms with E-state index in [4.69, 9.17) is 0 Å². The number of aldehydes is 1. The second kappa shape index (κ2) is 4.65. The van der Waals surface area contributed by atoms with Gasteiger partial charge >= 0.3 is 0 Å². The highest BCUT2D eigenvalue weighted by molar-refractivity contribution is 5.86. The van der Waals surface area contributed by atoms with Gasteiger partial charge in [0.25, 0.3) is 0 Å². The summed E-state index contributed by atoms with van der Waals surface area (Å²) >= 11 is 0. The summed E-state index contributed by atoms with van der Waals surface area (Å²) in [6, 6.07) is 15.9. The number of fused-ring (bicyclic) bond motifs is 1. The second-order valence-corrected chi connectivity index (χ2v) is 4.60. The van der Waals surface area contributed by atoms with Crippen LogP contribution in [-0.4, -0.2) is 11.3 Å². The van der Waals surface area contributed by atoms with Crippen LogP contribution in [0.3, 0.4) is 0 Å². The van der Waals surface area contributed by atoms with Crippen molar-refractivity contribution in [1.29, 1.82) is 0 Å². The molecule has 1 heterocycles. The standard InChI is InChI=1S/C17H13NO/c1-12-4-5-13(11-19)9-16(12)15-7-6-14-3-2-8-18-17(14)10-15/h2-11H,1H3. The van der Waals surface area contributed by atoms with E-state index in [0.717, 1.165) is 33.9 Å². The Bertz CT molecular complexity index is 762. The Morgan fingerprint density at radius 2 is 1.95 bits per heavy atom. The van der Waals surface area contributed by atoms with Crippen molar-refractivity contribution in [3.63, 3.8) is 0 Å². The van der Waals surface area contributed by atoms with Gasteiger partial charge in [-0.15, -0.1) is 0 Å². The number of carbonyl (C=O) groups excluding carboxylic acids is 1. The van der Waals surface area contributed by atoms with Gasteiger partial charge in [0.2, 0.25) is 0 Å². The SMILES string of the molecule is Cc1ccc(C=O)cc1-c1ccc2cccnc2c1. The molecule has 2 aromatic carbocycles. The van der Waals surface area contributed by atoms with Crippen molar-refractivity contribution in [1.82, 2.24) is 4.98 Å². The van der Waals surface area contributed by atoms with Gasteiger partial charge in [-0.2, -0.15) is 0 Å². The number of aromatic nitrogens is 1. The van der Waals surface area contributed by atoms with Crippen LogP contribution >= 0.6 is 0 Å². The molecule has 0 aliphatic carbocycles. The van der Waals surface area contributed by atoms with Gasteiger partial charge in [-0.05, 0) is 41.8 Å². The molecule has 3 aromatic rings. The molecule has 0 atom stereocenters. The summed E-state index contributed by atoms with van der Waals surface area (Å²) in [5.74, 6) is 0. The van der Waals surface area contributed by atoms with Crippen LogP contribution in [0.1, 0.15) is 15.9 Å². The van der Waals surface area contributed by atoms with Crippen LogP contribution in [-0.2, 0) is 0 Å². The van der Waals surface area contributed by atoms with Crippen molar-refractivity contribution in [2.75, 3.05) is 0 Å². The maximum absolute atomic E-state index is 10.9. The van der Waals surface area contributed by atoms with Gasteiger partial charge in [-0.1, -0.05) is 30.3 Å². The van der Waals surface area contributed by atoms with E-state index in [1.165, 1.54) is 0 Å². The van der Waals surface area contributed by atoms with E-state index in [0.29, 0.717) is 5.56 Å². The van der Waals surface area contributed by atoms with E-state index in [2.05, 4.69) is 23.2 Å². The highest BCUT2D eigenvalue weighted by Crippen LogP contribution is 2.26. The molecule has 19 heavy (non-hydrogen) atoms. The molecule has 2 nitrogen and oxygen atoms in total. The molecule has 0 radical (unpaired) electrons. The molecular formula is C17H13NO. The molecule has 0 aliphatic rings. The van der Waals surface area contributed by atoms with Gasteiger partial charge in [0, 0.05) is 17.1 Å². The molecule has 0 saturated heterocycles. The van der Waals surface area contributed by atoms with E-state index < -0.39 is 0 Å². The number of rotatable bonds is 2. The van der Waals surface area contributed by atoms with Crippen molar-refractivity contribution in [2.24, 2.45) is 0 Å². The highest BCUT2D eigenvalue weighted by Gasteiger charge is 2.04. The smallest absolute Gasteiger partial charge is 0.150 e. The molecule has 0 spiro atoms. The predicted molar refractivity (Wildman–Crippen MR) is 77.3 cm³/mol. The van der Waals surface area contributed by atoms with E-state index >= 15 is 0 Å². The summed E-state index contributed by atoms with van der Waals surface area (Å²) in [5.41, 5.74) is 4.99. The third kappa shape index (κ3) is 2.13. The minimum absolute atomic E-state index is 0.696. The Morgan fingerprint density at radius 3 is 2.79 bits per heavy atom. The number of pyridine rings is 1. The van der Waals surface area contributed by atoms with Crippen molar-refractivity contribution in [3.05, 3.63) is 65.9 Å². The first-order chi connectivity index (χ1) is 9.28. The molecule has 0 aliphatic heterocycles. The Balaban J connectivity index is 2.21. The summed E-state index contributed by atoms with van der Waals surface area (Å²) in [4.78, 5) is 15.3. The normalized spacial score (nSPS) is 10.6. The molecule has 0 fully saturated rings. The first kappa shape index (κ1) is 11.6. The van der Waals surface area contributed by atoms with E-state index in [9.17, 15) is 4.79 Å². The average molecular weight is 247 g/mol. The topological polar surface area (TPSA) is 30.0 Å². The maximum atomic E-state index is 10.9. The molecule has 2 heteroatoms. The summed E-state index contributed by atoms with van der Waals surface area (Å²) in [5, 5.41) is 1.12. The van der Waals surface area contributed by atoms with E-state index in [1.807, 2.05) is 37.3 Å². The highest BCUT2D eigenvalue weighted by atomic mass is 16.1. The zero-order valence-corrected chi connectivity index (χ0v) is 10.6. The molecule has 0 bridgehead atoms. The monoisotopic (exact) mass is 247 g/mol. The van der Waals surface area contributed by atoms with Crippen molar-refractivity contribution in [3.8, 4) is 11.1 Å². The zero-order valence-electron chi connectivity index (χ0n) is 10.6. The number of carbonyl (C=O) groups is 1. The lowest BCUT2D eigenvalue weighted by molar-refractivity contribution is 0.112. The quantitative estimate of drug-likeness (QED) is 0.640. The minimum atomic E-state index is 0.696. The predicted octanol–water partition coefficient (Wildman–Crippen LogP) is 4.02. The Hall–Kier alpha value is -2.48. The van der Waals surface area contributed by atoms with Crippen LogP contribution in [0.25, 0.3) is 22.0 Å². The largest absolute Gasteiger partial charge is 0.298 e. The van der Waals surface area contributed by atoms with E-state index in [-0.39, 0.29) is 0 Å². The number of hydrogen-bond donors (Lipinski definition) is 0. The second-order valence-electron chi connectivity index (χ2n) is 4.60. The van der Waals surface area contributed by atoms with Gasteiger partial charge in [-0.3, -0.25) is 9.78 Å². The number of benzene rings is 2.